The Morgan fingerprint density at radius 1 is 1.26 bits per heavy atom. The van der Waals surface area contributed by atoms with Crippen LogP contribution in [0.4, 0.5) is 10.1 Å². The Bertz CT molecular complexity index is 1280. The van der Waals surface area contributed by atoms with Crippen LogP contribution in [-0.4, -0.2) is 44.2 Å². The molecule has 1 amide bonds. The van der Waals surface area contributed by atoms with E-state index in [0.717, 1.165) is 11.8 Å². The van der Waals surface area contributed by atoms with Gasteiger partial charge < -0.3 is 9.42 Å². The number of carbonyl (C=O) groups is 1. The first-order valence-electron chi connectivity index (χ1n) is 9.47. The third kappa shape index (κ3) is 3.83. The van der Waals surface area contributed by atoms with Crippen LogP contribution in [0.1, 0.15) is 21.5 Å². The minimum absolute atomic E-state index is 0.0720. The van der Waals surface area contributed by atoms with Crippen molar-refractivity contribution in [2.24, 2.45) is 0 Å². The number of anilines is 1. The molecule has 2 heterocycles. The Kier molecular flexibility index (Phi) is 5.58. The fraction of sp³-hybridized carbons (Fsp3) is 0.238. The number of hydrogen-bond donors (Lipinski definition) is 0. The van der Waals surface area contributed by atoms with Crippen molar-refractivity contribution in [2.75, 3.05) is 24.3 Å². The smallest absolute Gasteiger partial charge is 0.258 e. The second-order valence-corrected chi connectivity index (χ2v) is 9.88. The Morgan fingerprint density at radius 3 is 2.61 bits per heavy atom. The number of sulfonamides is 1. The Morgan fingerprint density at radius 2 is 1.97 bits per heavy atom. The number of hydrogen-bond acceptors (Lipinski definition) is 5. The molecule has 1 unspecified atom stereocenters. The molecule has 162 valence electrons. The van der Waals surface area contributed by atoms with Crippen LogP contribution in [0, 0.1) is 5.82 Å². The molecule has 0 saturated carbocycles. The number of pyridine rings is 1. The third-order valence-corrected chi connectivity index (χ3v) is 6.83. The first-order chi connectivity index (χ1) is 14.7. The summed E-state index contributed by atoms with van der Waals surface area (Å²) in [5.41, 5.74) is 2.53. The highest BCUT2D eigenvalue weighted by atomic mass is 32.2. The monoisotopic (exact) mass is 461 g/mol. The second kappa shape index (κ2) is 8.05. The average Bonchev–Trinajstić information content (AvgIpc) is 3.04. The molecule has 0 bridgehead atoms. The number of aromatic nitrogens is 1. The molecular weight excluding hydrogens is 440 g/mol. The van der Waals surface area contributed by atoms with Crippen molar-refractivity contribution in [1.29, 1.82) is 0 Å². The molecular formula is C21H21FN3O4PS. The molecule has 3 aromatic rings. The highest BCUT2D eigenvalue weighted by molar-refractivity contribution is 7.92. The molecule has 2 aromatic carbocycles. The van der Waals surface area contributed by atoms with Gasteiger partial charge in [-0.1, -0.05) is 12.1 Å². The Balaban J connectivity index is 1.92. The van der Waals surface area contributed by atoms with E-state index in [2.05, 4.69) is 4.98 Å². The second-order valence-electron chi connectivity index (χ2n) is 7.26. The third-order valence-electron chi connectivity index (χ3n) is 5.25. The molecule has 0 saturated heterocycles. The first-order valence-corrected chi connectivity index (χ1v) is 12.7. The van der Waals surface area contributed by atoms with Crippen LogP contribution in [0.15, 0.2) is 42.6 Å². The summed E-state index contributed by atoms with van der Waals surface area (Å²) in [5, 5.41) is 0.596. The molecule has 1 atom stereocenters. The van der Waals surface area contributed by atoms with Crippen LogP contribution in [0.2, 0.25) is 0 Å². The van der Waals surface area contributed by atoms with Gasteiger partial charge in [0.05, 0.1) is 26.3 Å². The molecule has 4 rings (SSSR count). The molecule has 0 radical (unpaired) electrons. The van der Waals surface area contributed by atoms with Gasteiger partial charge in [0, 0.05) is 37.3 Å². The van der Waals surface area contributed by atoms with Crippen molar-refractivity contribution in [3.8, 4) is 5.75 Å². The molecule has 1 aromatic heterocycles. The van der Waals surface area contributed by atoms with E-state index < -0.39 is 10.0 Å². The molecule has 1 aliphatic rings. The highest BCUT2D eigenvalue weighted by Gasteiger charge is 2.37. The summed E-state index contributed by atoms with van der Waals surface area (Å²) in [7, 11) is -2.06. The molecule has 31 heavy (non-hydrogen) atoms. The summed E-state index contributed by atoms with van der Waals surface area (Å²) in [5.74, 6) is -0.263. The number of rotatable bonds is 6. The maximum absolute atomic E-state index is 13.4. The summed E-state index contributed by atoms with van der Waals surface area (Å²) >= 11 is 0. The van der Waals surface area contributed by atoms with Crippen molar-refractivity contribution in [3.63, 3.8) is 0 Å². The molecule has 1 aliphatic heterocycles. The lowest BCUT2D eigenvalue weighted by Gasteiger charge is -2.23. The van der Waals surface area contributed by atoms with E-state index in [0.29, 0.717) is 33.5 Å². The number of nitrogens with zero attached hydrogens (tertiary/aromatic N) is 3. The largest absolute Gasteiger partial charge is 0.474 e. The highest BCUT2D eigenvalue weighted by Crippen LogP contribution is 2.46. The lowest BCUT2D eigenvalue weighted by Crippen LogP contribution is -2.26. The van der Waals surface area contributed by atoms with Crippen LogP contribution in [0.3, 0.4) is 0 Å². The van der Waals surface area contributed by atoms with E-state index >= 15 is 0 Å². The van der Waals surface area contributed by atoms with Gasteiger partial charge in [-0.05, 0) is 36.5 Å². The van der Waals surface area contributed by atoms with Gasteiger partial charge in [-0.2, -0.15) is 0 Å². The van der Waals surface area contributed by atoms with Gasteiger partial charge in [-0.15, -0.1) is 0 Å². The predicted molar refractivity (Wildman–Crippen MR) is 120 cm³/mol. The van der Waals surface area contributed by atoms with Gasteiger partial charge in [-0.3, -0.25) is 14.1 Å². The normalized spacial score (nSPS) is 13.9. The van der Waals surface area contributed by atoms with E-state index in [9.17, 15) is 17.6 Å². The SMILES string of the molecule is CPOc1c2c(c(N(C)S(C)(=O)=O)c3cccnc13)CN(Cc1ccc(F)cc1)C2=O. The average molecular weight is 461 g/mol. The van der Waals surface area contributed by atoms with Crippen LogP contribution < -0.4 is 8.83 Å². The predicted octanol–water partition coefficient (Wildman–Crippen LogP) is 3.53. The summed E-state index contributed by atoms with van der Waals surface area (Å²) in [6, 6.07) is 9.43. The van der Waals surface area contributed by atoms with Gasteiger partial charge in [0.15, 0.2) is 5.75 Å². The van der Waals surface area contributed by atoms with Crippen LogP contribution in [-0.2, 0) is 23.1 Å². The first kappa shape index (κ1) is 21.5. The standard InChI is InChI=1S/C21H21FN3O4PS/c1-24(31(3,27)28)19-15-5-4-10-23-18(15)20(29-30-2)17-16(19)12-25(21(17)26)11-13-6-8-14(22)9-7-13/h4-10,30H,11-12H2,1-3H3. The number of fused-ring (bicyclic) bond motifs is 2. The van der Waals surface area contributed by atoms with Gasteiger partial charge >= 0.3 is 0 Å². The number of halogens is 1. The summed E-state index contributed by atoms with van der Waals surface area (Å²) < 4.78 is 45.2. The lowest BCUT2D eigenvalue weighted by molar-refractivity contribution is 0.0765. The van der Waals surface area contributed by atoms with Gasteiger partial charge in [-0.25, -0.2) is 12.8 Å². The van der Waals surface area contributed by atoms with Crippen LogP contribution >= 0.6 is 8.81 Å². The molecule has 0 fully saturated rings. The van der Waals surface area contributed by atoms with E-state index in [4.69, 9.17) is 4.52 Å². The van der Waals surface area contributed by atoms with Crippen molar-refractivity contribution in [2.45, 2.75) is 13.1 Å². The van der Waals surface area contributed by atoms with Crippen molar-refractivity contribution >= 4 is 41.3 Å². The van der Waals surface area contributed by atoms with E-state index in [1.54, 1.807) is 35.4 Å². The maximum Gasteiger partial charge on any atom is 0.258 e. The molecule has 0 aliphatic carbocycles. The van der Waals surface area contributed by atoms with Gasteiger partial charge in [0.1, 0.15) is 11.3 Å². The van der Waals surface area contributed by atoms with Crippen molar-refractivity contribution in [3.05, 3.63) is 65.1 Å². The Hall–Kier alpha value is -2.77. The zero-order chi connectivity index (χ0) is 22.3. The zero-order valence-electron chi connectivity index (χ0n) is 17.2. The summed E-state index contributed by atoms with van der Waals surface area (Å²) in [4.78, 5) is 19.4. The van der Waals surface area contributed by atoms with E-state index in [1.165, 1.54) is 23.5 Å². The summed E-state index contributed by atoms with van der Waals surface area (Å²) in [6.45, 7) is 2.30. The van der Waals surface area contributed by atoms with Crippen LogP contribution in [0.5, 0.6) is 5.75 Å². The number of carbonyl (C=O) groups excluding carboxylic acids is 1. The molecule has 0 spiro atoms. The summed E-state index contributed by atoms with van der Waals surface area (Å²) in [6.07, 6.45) is 2.70. The maximum atomic E-state index is 13.4. The topological polar surface area (TPSA) is 79.8 Å². The lowest BCUT2D eigenvalue weighted by atomic mass is 10.0. The Labute approximate surface area is 181 Å². The number of benzene rings is 2. The molecule has 0 N–H and O–H groups in total. The minimum Gasteiger partial charge on any atom is -0.474 e. The van der Waals surface area contributed by atoms with Gasteiger partial charge in [0.2, 0.25) is 10.0 Å². The molecule has 7 nitrogen and oxygen atoms in total. The van der Waals surface area contributed by atoms with E-state index in [1.807, 2.05) is 6.66 Å². The fourth-order valence-corrected chi connectivity index (χ4v) is 4.72. The minimum atomic E-state index is -3.60. The van der Waals surface area contributed by atoms with Gasteiger partial charge in [0.25, 0.3) is 5.91 Å². The zero-order valence-corrected chi connectivity index (χ0v) is 19.0. The van der Waals surface area contributed by atoms with Crippen molar-refractivity contribution in [1.82, 2.24) is 9.88 Å². The fourth-order valence-electron chi connectivity index (χ4n) is 3.78. The molecule has 10 heteroatoms. The van der Waals surface area contributed by atoms with E-state index in [-0.39, 0.29) is 33.6 Å². The quantitative estimate of drug-likeness (QED) is 0.525. The van der Waals surface area contributed by atoms with Crippen molar-refractivity contribution < 1.29 is 22.1 Å². The van der Waals surface area contributed by atoms with Crippen LogP contribution in [0.25, 0.3) is 10.9 Å². The number of amides is 1.